The number of anilines is 2. The molecule has 0 heterocycles. The second kappa shape index (κ2) is 14.4. The minimum atomic E-state index is -1.03. The Hall–Kier alpha value is -5.11. The van der Waals surface area contributed by atoms with Gasteiger partial charge in [0.25, 0.3) is 0 Å². The molecule has 8 heteroatoms. The fraction of sp³-hybridized carbons (Fsp3) is 0.250. The van der Waals surface area contributed by atoms with Crippen LogP contribution in [0.25, 0.3) is 0 Å². The Morgan fingerprint density at radius 3 is 2.30 bits per heavy atom. The molecule has 1 amide bonds. The van der Waals surface area contributed by atoms with Gasteiger partial charge in [-0.2, -0.15) is 0 Å². The maximum Gasteiger partial charge on any atom is 0.326 e. The number of carboxylic acid groups (broad SMARTS) is 1. The first-order valence-electron chi connectivity index (χ1n) is 14.8. The highest BCUT2D eigenvalue weighted by atomic mass is 16.5. The Bertz CT molecular complexity index is 1580. The van der Waals surface area contributed by atoms with E-state index in [9.17, 15) is 19.5 Å². The third kappa shape index (κ3) is 7.45. The van der Waals surface area contributed by atoms with Crippen LogP contribution in [0.1, 0.15) is 40.7 Å². The molecular formula is C36H36N2O6. The molecule has 4 aromatic rings. The number of rotatable bonds is 14. The van der Waals surface area contributed by atoms with Crippen molar-refractivity contribution in [1.29, 1.82) is 0 Å². The van der Waals surface area contributed by atoms with Gasteiger partial charge >= 0.3 is 5.97 Å². The van der Waals surface area contributed by atoms with Crippen LogP contribution >= 0.6 is 0 Å². The number of nitrogens with zero attached hydrogens (tertiary/aromatic N) is 1. The summed E-state index contributed by atoms with van der Waals surface area (Å²) in [5.41, 5.74) is 2.98. The zero-order valence-electron chi connectivity index (χ0n) is 24.6. The monoisotopic (exact) mass is 592 g/mol. The molecule has 0 unspecified atom stereocenters. The van der Waals surface area contributed by atoms with Gasteiger partial charge in [0.2, 0.25) is 5.91 Å². The van der Waals surface area contributed by atoms with E-state index in [2.05, 4.69) is 5.32 Å². The molecule has 2 N–H and O–H groups in total. The lowest BCUT2D eigenvalue weighted by Gasteiger charge is -2.32. The number of hydrogen-bond acceptors (Lipinski definition) is 6. The van der Waals surface area contributed by atoms with E-state index >= 15 is 0 Å². The first-order valence-corrected chi connectivity index (χ1v) is 14.8. The van der Waals surface area contributed by atoms with Gasteiger partial charge in [-0.05, 0) is 54.8 Å². The number of aliphatic carboxylic acids is 1. The molecule has 4 aromatic carbocycles. The normalized spacial score (nSPS) is 13.3. The standard InChI is InChI=1S/C36H36N2O6/c1-43-30-14-8-13-28(24-30)38(35(40)27-11-7-12-27)21-22-44-29-19-17-25(18-20-29)23-33(36(41)42)37-32-16-6-5-15-31(32)34(39)26-9-3-2-4-10-26/h2-6,8-10,13-20,24,27,33,37H,7,11-12,21-23H2,1H3,(H,41,42)/t33-/m0/s1. The average molecular weight is 593 g/mol. The number of amides is 1. The summed E-state index contributed by atoms with van der Waals surface area (Å²) in [6, 6.07) is 29.6. The highest BCUT2D eigenvalue weighted by Gasteiger charge is 2.30. The molecule has 0 aliphatic heterocycles. The number of hydrogen-bond donors (Lipinski definition) is 2. The lowest BCUT2D eigenvalue weighted by atomic mass is 9.84. The number of carboxylic acids is 1. The number of carbonyl (C=O) groups is 3. The SMILES string of the molecule is COc1cccc(N(CCOc2ccc(C[C@H](Nc3ccccc3C(=O)c3ccccc3)C(=O)O)cc2)C(=O)C2CCC2)c1. The summed E-state index contributed by atoms with van der Waals surface area (Å²) in [5, 5.41) is 13.0. The molecule has 1 atom stereocenters. The summed E-state index contributed by atoms with van der Waals surface area (Å²) in [6.45, 7) is 0.678. The second-order valence-corrected chi connectivity index (χ2v) is 10.8. The molecule has 8 nitrogen and oxygen atoms in total. The van der Waals surface area contributed by atoms with E-state index in [-0.39, 0.29) is 24.0 Å². The Labute approximate surface area is 257 Å². The van der Waals surface area contributed by atoms with Crippen LogP contribution in [0.2, 0.25) is 0 Å². The fourth-order valence-corrected chi connectivity index (χ4v) is 5.17. The van der Waals surface area contributed by atoms with Crippen molar-refractivity contribution in [3.8, 4) is 11.5 Å². The minimum Gasteiger partial charge on any atom is -0.497 e. The first kappa shape index (κ1) is 30.4. The van der Waals surface area contributed by atoms with Gasteiger partial charge in [-0.3, -0.25) is 9.59 Å². The molecule has 0 bridgehead atoms. The quantitative estimate of drug-likeness (QED) is 0.167. The number of benzene rings is 4. The van der Waals surface area contributed by atoms with Crippen LogP contribution in [-0.2, 0) is 16.0 Å². The van der Waals surface area contributed by atoms with E-state index < -0.39 is 12.0 Å². The van der Waals surface area contributed by atoms with Crippen LogP contribution in [0, 0.1) is 5.92 Å². The predicted molar refractivity (Wildman–Crippen MR) is 170 cm³/mol. The van der Waals surface area contributed by atoms with Gasteiger partial charge < -0.3 is 24.8 Å². The van der Waals surface area contributed by atoms with Crippen molar-refractivity contribution in [2.75, 3.05) is 30.5 Å². The number of carbonyl (C=O) groups excluding carboxylic acids is 2. The number of ether oxygens (including phenoxy) is 2. The fourth-order valence-electron chi connectivity index (χ4n) is 5.17. The zero-order chi connectivity index (χ0) is 30.9. The molecule has 1 aliphatic carbocycles. The van der Waals surface area contributed by atoms with E-state index in [4.69, 9.17) is 9.47 Å². The van der Waals surface area contributed by atoms with E-state index in [0.29, 0.717) is 41.5 Å². The van der Waals surface area contributed by atoms with Crippen LogP contribution < -0.4 is 19.7 Å². The molecule has 0 spiro atoms. The molecule has 5 rings (SSSR count). The summed E-state index contributed by atoms with van der Waals surface area (Å²) in [7, 11) is 1.60. The van der Waals surface area contributed by atoms with Gasteiger partial charge in [0.05, 0.1) is 13.7 Å². The number of para-hydroxylation sites is 1. The van der Waals surface area contributed by atoms with Gasteiger partial charge in [-0.1, -0.05) is 67.1 Å². The van der Waals surface area contributed by atoms with Crippen molar-refractivity contribution < 1.29 is 29.0 Å². The number of methoxy groups -OCH3 is 1. The molecule has 1 aliphatic rings. The van der Waals surface area contributed by atoms with Crippen molar-refractivity contribution in [3.05, 3.63) is 120 Å². The van der Waals surface area contributed by atoms with Crippen molar-refractivity contribution in [1.82, 2.24) is 0 Å². The zero-order valence-corrected chi connectivity index (χ0v) is 24.6. The highest BCUT2D eigenvalue weighted by molar-refractivity contribution is 6.12. The maximum absolute atomic E-state index is 13.2. The van der Waals surface area contributed by atoms with E-state index in [1.54, 1.807) is 72.7 Å². The highest BCUT2D eigenvalue weighted by Crippen LogP contribution is 2.31. The van der Waals surface area contributed by atoms with Crippen LogP contribution in [-0.4, -0.2) is 49.1 Å². The van der Waals surface area contributed by atoms with Crippen LogP contribution in [0.15, 0.2) is 103 Å². The summed E-state index contributed by atoms with van der Waals surface area (Å²) in [6.07, 6.45) is 3.08. The van der Waals surface area contributed by atoms with Crippen molar-refractivity contribution in [2.45, 2.75) is 31.7 Å². The van der Waals surface area contributed by atoms with Gasteiger partial charge in [0.15, 0.2) is 5.78 Å². The summed E-state index contributed by atoms with van der Waals surface area (Å²) in [5.74, 6) is 0.238. The van der Waals surface area contributed by atoms with E-state index in [1.165, 1.54) is 0 Å². The molecule has 0 aromatic heterocycles. The number of ketones is 1. The van der Waals surface area contributed by atoms with Crippen molar-refractivity contribution in [3.63, 3.8) is 0 Å². The van der Waals surface area contributed by atoms with Crippen molar-refractivity contribution in [2.24, 2.45) is 5.92 Å². The Morgan fingerprint density at radius 1 is 0.886 bits per heavy atom. The maximum atomic E-state index is 13.2. The molecule has 1 saturated carbocycles. The molecule has 44 heavy (non-hydrogen) atoms. The van der Waals surface area contributed by atoms with E-state index in [1.807, 2.05) is 42.5 Å². The number of nitrogens with one attached hydrogen (secondary N) is 1. The molecule has 0 saturated heterocycles. The second-order valence-electron chi connectivity index (χ2n) is 10.8. The molecular weight excluding hydrogens is 556 g/mol. The lowest BCUT2D eigenvalue weighted by Crippen LogP contribution is -2.41. The molecule has 1 fully saturated rings. The molecule has 226 valence electrons. The van der Waals surface area contributed by atoms with Crippen molar-refractivity contribution >= 4 is 29.0 Å². The van der Waals surface area contributed by atoms with Crippen LogP contribution in [0.4, 0.5) is 11.4 Å². The summed E-state index contributed by atoms with van der Waals surface area (Å²) >= 11 is 0. The predicted octanol–water partition coefficient (Wildman–Crippen LogP) is 6.25. The Kier molecular flexibility index (Phi) is 9.92. The van der Waals surface area contributed by atoms with Gasteiger partial charge in [-0.25, -0.2) is 4.79 Å². The summed E-state index contributed by atoms with van der Waals surface area (Å²) < 4.78 is 11.3. The van der Waals surface area contributed by atoms with Crippen LogP contribution in [0.5, 0.6) is 11.5 Å². The van der Waals surface area contributed by atoms with E-state index in [0.717, 1.165) is 30.5 Å². The third-order valence-corrected chi connectivity index (χ3v) is 7.87. The minimum absolute atomic E-state index is 0.0414. The van der Waals surface area contributed by atoms with Gasteiger partial charge in [0.1, 0.15) is 24.1 Å². The Balaban J connectivity index is 1.21. The Morgan fingerprint density at radius 2 is 1.61 bits per heavy atom. The smallest absolute Gasteiger partial charge is 0.326 e. The van der Waals surface area contributed by atoms with Crippen LogP contribution in [0.3, 0.4) is 0 Å². The molecule has 0 radical (unpaired) electrons. The first-order chi connectivity index (χ1) is 21.4. The van der Waals surface area contributed by atoms with Gasteiger partial charge in [0, 0.05) is 40.9 Å². The largest absolute Gasteiger partial charge is 0.497 e. The van der Waals surface area contributed by atoms with Gasteiger partial charge in [-0.15, -0.1) is 0 Å². The topological polar surface area (TPSA) is 105 Å². The average Bonchev–Trinajstić information content (AvgIpc) is 3.03. The summed E-state index contributed by atoms with van der Waals surface area (Å²) in [4.78, 5) is 40.3. The third-order valence-electron chi connectivity index (χ3n) is 7.87. The lowest BCUT2D eigenvalue weighted by molar-refractivity contribution is -0.137.